The lowest BCUT2D eigenvalue weighted by molar-refractivity contribution is 0.234. The fourth-order valence-electron chi connectivity index (χ4n) is 2.93. The number of hydrogen-bond donors (Lipinski definition) is 2. The average Bonchev–Trinajstić information content (AvgIpc) is 2.80. The molecule has 0 saturated heterocycles. The Morgan fingerprint density at radius 1 is 1.32 bits per heavy atom. The van der Waals surface area contributed by atoms with E-state index >= 15 is 0 Å². The first kappa shape index (κ1) is 18.8. The standard InChI is InChI=1S/C18H27N5O2/c1-11(9-16-13(3)22-23(5)14(16)4)20-18(24)21-12(2)15-7-8-19-10-17(15)25-6/h7-8,10-12H,9H2,1-6H3,(H2,20,21,24)/t11-,12-/m0/s1. The van der Waals surface area contributed by atoms with Gasteiger partial charge in [-0.25, -0.2) is 4.79 Å². The number of pyridine rings is 1. The van der Waals surface area contributed by atoms with Gasteiger partial charge in [-0.2, -0.15) is 5.10 Å². The highest BCUT2D eigenvalue weighted by atomic mass is 16.5. The van der Waals surface area contributed by atoms with Crippen molar-refractivity contribution in [1.82, 2.24) is 25.4 Å². The van der Waals surface area contributed by atoms with Gasteiger partial charge >= 0.3 is 6.03 Å². The Hall–Kier alpha value is -2.57. The zero-order valence-corrected chi connectivity index (χ0v) is 15.8. The number of carbonyl (C=O) groups is 1. The van der Waals surface area contributed by atoms with E-state index < -0.39 is 0 Å². The van der Waals surface area contributed by atoms with Gasteiger partial charge in [0.2, 0.25) is 0 Å². The molecule has 0 aliphatic heterocycles. The Kier molecular flexibility index (Phi) is 6.01. The smallest absolute Gasteiger partial charge is 0.315 e. The van der Waals surface area contributed by atoms with Crippen LogP contribution in [0, 0.1) is 13.8 Å². The van der Waals surface area contributed by atoms with Crippen LogP contribution in [0.25, 0.3) is 0 Å². The van der Waals surface area contributed by atoms with E-state index in [4.69, 9.17) is 4.74 Å². The molecular weight excluding hydrogens is 318 g/mol. The molecule has 2 aromatic heterocycles. The third-order valence-corrected chi connectivity index (χ3v) is 4.40. The van der Waals surface area contributed by atoms with E-state index in [1.165, 1.54) is 5.56 Å². The molecule has 2 rings (SSSR count). The minimum atomic E-state index is -0.210. The van der Waals surface area contributed by atoms with Crippen molar-refractivity contribution in [2.75, 3.05) is 7.11 Å². The Bertz CT molecular complexity index is 741. The van der Waals surface area contributed by atoms with Crippen LogP contribution in [0.2, 0.25) is 0 Å². The number of methoxy groups -OCH3 is 1. The van der Waals surface area contributed by atoms with Crippen LogP contribution in [0.1, 0.15) is 42.4 Å². The average molecular weight is 345 g/mol. The molecule has 2 N–H and O–H groups in total. The second kappa shape index (κ2) is 8.00. The molecule has 0 spiro atoms. The molecule has 136 valence electrons. The summed E-state index contributed by atoms with van der Waals surface area (Å²) in [4.78, 5) is 16.3. The number of nitrogens with zero attached hydrogens (tertiary/aromatic N) is 3. The summed E-state index contributed by atoms with van der Waals surface area (Å²) in [6.07, 6.45) is 4.07. The maximum absolute atomic E-state index is 12.3. The summed E-state index contributed by atoms with van der Waals surface area (Å²) in [6.45, 7) is 7.94. The van der Waals surface area contributed by atoms with E-state index in [1.54, 1.807) is 19.5 Å². The van der Waals surface area contributed by atoms with Crippen LogP contribution in [0.5, 0.6) is 5.75 Å². The van der Waals surface area contributed by atoms with E-state index in [-0.39, 0.29) is 18.1 Å². The molecule has 0 fully saturated rings. The van der Waals surface area contributed by atoms with Gasteiger partial charge in [-0.15, -0.1) is 0 Å². The first-order valence-corrected chi connectivity index (χ1v) is 8.37. The Labute approximate surface area is 148 Å². The van der Waals surface area contributed by atoms with Crippen LogP contribution < -0.4 is 15.4 Å². The van der Waals surface area contributed by atoms with Gasteiger partial charge in [-0.1, -0.05) is 0 Å². The summed E-state index contributed by atoms with van der Waals surface area (Å²) in [5, 5.41) is 10.3. The SMILES string of the molecule is COc1cnccc1[C@H](C)NC(=O)N[C@@H](C)Cc1c(C)nn(C)c1C. The number of carbonyl (C=O) groups excluding carboxylic acids is 1. The molecule has 0 bridgehead atoms. The highest BCUT2D eigenvalue weighted by molar-refractivity contribution is 5.74. The molecule has 2 heterocycles. The minimum absolute atomic E-state index is 0.00636. The van der Waals surface area contributed by atoms with Crippen molar-refractivity contribution >= 4 is 6.03 Å². The third-order valence-electron chi connectivity index (χ3n) is 4.40. The highest BCUT2D eigenvalue weighted by Gasteiger charge is 2.17. The number of nitrogens with one attached hydrogen (secondary N) is 2. The number of rotatable bonds is 6. The second-order valence-corrected chi connectivity index (χ2v) is 6.34. The van der Waals surface area contributed by atoms with Gasteiger partial charge in [0, 0.05) is 30.5 Å². The first-order valence-electron chi connectivity index (χ1n) is 8.37. The summed E-state index contributed by atoms with van der Waals surface area (Å²) in [5.74, 6) is 0.657. The third kappa shape index (κ3) is 4.49. The molecule has 0 aliphatic rings. The van der Waals surface area contributed by atoms with Gasteiger partial charge in [-0.3, -0.25) is 9.67 Å². The Balaban J connectivity index is 1.95. The van der Waals surface area contributed by atoms with Crippen LogP contribution in [-0.2, 0) is 13.5 Å². The quantitative estimate of drug-likeness (QED) is 0.842. The molecule has 0 radical (unpaired) electrons. The topological polar surface area (TPSA) is 81.1 Å². The van der Waals surface area contributed by atoms with Crippen molar-refractivity contribution < 1.29 is 9.53 Å². The number of aromatic nitrogens is 3. The molecule has 0 unspecified atom stereocenters. The highest BCUT2D eigenvalue weighted by Crippen LogP contribution is 2.23. The van der Waals surface area contributed by atoms with Crippen LogP contribution >= 0.6 is 0 Å². The van der Waals surface area contributed by atoms with E-state index in [1.807, 2.05) is 45.5 Å². The largest absolute Gasteiger partial charge is 0.495 e. The molecule has 0 saturated carbocycles. The van der Waals surface area contributed by atoms with Crippen molar-refractivity contribution in [3.63, 3.8) is 0 Å². The Morgan fingerprint density at radius 2 is 2.04 bits per heavy atom. The zero-order chi connectivity index (χ0) is 18.6. The molecule has 2 amide bonds. The monoisotopic (exact) mass is 345 g/mol. The second-order valence-electron chi connectivity index (χ2n) is 6.34. The van der Waals surface area contributed by atoms with Crippen molar-refractivity contribution in [2.24, 2.45) is 7.05 Å². The van der Waals surface area contributed by atoms with Crippen molar-refractivity contribution in [2.45, 2.75) is 46.2 Å². The van der Waals surface area contributed by atoms with E-state index in [9.17, 15) is 4.79 Å². The predicted molar refractivity (Wildman–Crippen MR) is 96.7 cm³/mol. The number of aryl methyl sites for hydroxylation is 2. The lowest BCUT2D eigenvalue weighted by Crippen LogP contribution is -2.42. The van der Waals surface area contributed by atoms with Gasteiger partial charge in [0.1, 0.15) is 5.75 Å². The molecule has 2 aromatic rings. The van der Waals surface area contributed by atoms with E-state index in [0.717, 1.165) is 23.4 Å². The van der Waals surface area contributed by atoms with Crippen molar-refractivity contribution in [3.8, 4) is 5.75 Å². The van der Waals surface area contributed by atoms with Crippen LogP contribution in [0.3, 0.4) is 0 Å². The summed E-state index contributed by atoms with van der Waals surface area (Å²) in [5.41, 5.74) is 4.20. The summed E-state index contributed by atoms with van der Waals surface area (Å²) >= 11 is 0. The van der Waals surface area contributed by atoms with Gasteiger partial charge in [0.25, 0.3) is 0 Å². The molecule has 0 aromatic carbocycles. The van der Waals surface area contributed by atoms with Crippen LogP contribution in [0.4, 0.5) is 4.79 Å². The fourth-order valence-corrected chi connectivity index (χ4v) is 2.93. The number of hydrogen-bond acceptors (Lipinski definition) is 4. The van der Waals surface area contributed by atoms with E-state index in [0.29, 0.717) is 5.75 Å². The molecule has 0 aliphatic carbocycles. The Morgan fingerprint density at radius 3 is 2.64 bits per heavy atom. The maximum atomic E-state index is 12.3. The molecule has 7 nitrogen and oxygen atoms in total. The summed E-state index contributed by atoms with van der Waals surface area (Å²) < 4.78 is 7.16. The van der Waals surface area contributed by atoms with Crippen molar-refractivity contribution in [1.29, 1.82) is 0 Å². The summed E-state index contributed by atoms with van der Waals surface area (Å²) in [7, 11) is 3.52. The van der Waals surface area contributed by atoms with Gasteiger partial charge < -0.3 is 15.4 Å². The molecule has 7 heteroatoms. The molecule has 2 atom stereocenters. The summed E-state index contributed by atoms with van der Waals surface area (Å²) in [6, 6.07) is 1.44. The van der Waals surface area contributed by atoms with Gasteiger partial charge in [0.05, 0.1) is 25.0 Å². The lowest BCUT2D eigenvalue weighted by Gasteiger charge is -2.20. The van der Waals surface area contributed by atoms with Gasteiger partial charge in [-0.05, 0) is 45.7 Å². The lowest BCUT2D eigenvalue weighted by atomic mass is 10.1. The number of amides is 2. The molecule has 25 heavy (non-hydrogen) atoms. The normalized spacial score (nSPS) is 13.2. The fraction of sp³-hybridized carbons (Fsp3) is 0.500. The predicted octanol–water partition coefficient (Wildman–Crippen LogP) is 2.43. The zero-order valence-electron chi connectivity index (χ0n) is 15.8. The maximum Gasteiger partial charge on any atom is 0.315 e. The van der Waals surface area contributed by atoms with Crippen molar-refractivity contribution in [3.05, 3.63) is 41.0 Å². The van der Waals surface area contributed by atoms with E-state index in [2.05, 4.69) is 20.7 Å². The van der Waals surface area contributed by atoms with Crippen LogP contribution in [-0.4, -0.2) is 33.9 Å². The van der Waals surface area contributed by atoms with Crippen LogP contribution in [0.15, 0.2) is 18.5 Å². The minimum Gasteiger partial charge on any atom is -0.495 e. The van der Waals surface area contributed by atoms with Gasteiger partial charge in [0.15, 0.2) is 0 Å². The molecular formula is C18H27N5O2. The number of urea groups is 1. The first-order chi connectivity index (χ1) is 11.8. The number of ether oxygens (including phenoxy) is 1.